The summed E-state index contributed by atoms with van der Waals surface area (Å²) >= 11 is 0. The molecule has 2 heterocycles. The van der Waals surface area contributed by atoms with Crippen LogP contribution in [-0.4, -0.2) is 61.0 Å². The number of hydrogen-bond donors (Lipinski definition) is 1. The minimum atomic E-state index is 0.252. The second-order valence-electron chi connectivity index (χ2n) is 5.71. The van der Waals surface area contributed by atoms with Gasteiger partial charge in [-0.2, -0.15) is 0 Å². The van der Waals surface area contributed by atoms with Crippen LogP contribution in [0.3, 0.4) is 0 Å². The van der Waals surface area contributed by atoms with E-state index in [2.05, 4.69) is 15.2 Å². The summed E-state index contributed by atoms with van der Waals surface area (Å²) in [5, 5.41) is 3.22. The van der Waals surface area contributed by atoms with Gasteiger partial charge < -0.3 is 15.1 Å². The van der Waals surface area contributed by atoms with E-state index in [4.69, 9.17) is 0 Å². The van der Waals surface area contributed by atoms with Crippen molar-refractivity contribution in [1.82, 2.24) is 20.1 Å². The van der Waals surface area contributed by atoms with Gasteiger partial charge >= 0.3 is 0 Å². The molecule has 0 aliphatic carbocycles. The van der Waals surface area contributed by atoms with Gasteiger partial charge in [0.25, 0.3) is 0 Å². The third-order valence-electron chi connectivity index (χ3n) is 3.60. The largest absolute Gasteiger partial charge is 0.337 e. The Bertz CT molecular complexity index is 417. The number of carbonyl (C=O) groups excluding carboxylic acids is 1. The van der Waals surface area contributed by atoms with Gasteiger partial charge in [-0.05, 0) is 44.7 Å². The maximum Gasteiger partial charge on any atom is 0.223 e. The van der Waals surface area contributed by atoms with Crippen molar-refractivity contribution >= 4 is 5.91 Å². The molecule has 1 N–H and O–H groups in total. The summed E-state index contributed by atoms with van der Waals surface area (Å²) in [5.41, 5.74) is 1.09. The highest BCUT2D eigenvalue weighted by Gasteiger charge is 2.23. The fourth-order valence-electron chi connectivity index (χ4n) is 2.19. The zero-order valence-electron chi connectivity index (χ0n) is 12.4. The lowest BCUT2D eigenvalue weighted by atomic mass is 9.98. The van der Waals surface area contributed by atoms with E-state index < -0.39 is 0 Å². The van der Waals surface area contributed by atoms with Crippen molar-refractivity contribution in [3.05, 3.63) is 30.1 Å². The van der Waals surface area contributed by atoms with E-state index in [1.165, 1.54) is 0 Å². The molecule has 0 bridgehead atoms. The number of likely N-dealkylation sites (N-methyl/N-ethyl adjacent to an activating group) is 1. The van der Waals surface area contributed by atoms with Crippen molar-refractivity contribution in [2.45, 2.75) is 13.0 Å². The minimum absolute atomic E-state index is 0.252. The summed E-state index contributed by atoms with van der Waals surface area (Å²) in [6, 6.07) is 3.94. The number of carbonyl (C=O) groups is 1. The van der Waals surface area contributed by atoms with Crippen LogP contribution >= 0.6 is 0 Å². The number of amides is 1. The fourth-order valence-corrected chi connectivity index (χ4v) is 2.19. The lowest BCUT2D eigenvalue weighted by molar-refractivity contribution is -0.133. The third kappa shape index (κ3) is 4.58. The van der Waals surface area contributed by atoms with Crippen molar-refractivity contribution in [3.8, 4) is 0 Å². The molecule has 20 heavy (non-hydrogen) atoms. The van der Waals surface area contributed by atoms with Gasteiger partial charge in [0.1, 0.15) is 0 Å². The average molecular weight is 276 g/mol. The molecular formula is C15H24N4O. The van der Waals surface area contributed by atoms with Crippen molar-refractivity contribution in [3.63, 3.8) is 0 Å². The first kappa shape index (κ1) is 14.9. The quantitative estimate of drug-likeness (QED) is 0.791. The van der Waals surface area contributed by atoms with Gasteiger partial charge in [0.15, 0.2) is 0 Å². The van der Waals surface area contributed by atoms with Gasteiger partial charge in [-0.25, -0.2) is 0 Å². The summed E-state index contributed by atoms with van der Waals surface area (Å²) in [6.45, 7) is 4.25. The maximum atomic E-state index is 12.4. The van der Waals surface area contributed by atoms with E-state index in [0.29, 0.717) is 18.9 Å². The highest BCUT2D eigenvalue weighted by molar-refractivity contribution is 5.76. The number of nitrogens with zero attached hydrogens (tertiary/aromatic N) is 3. The van der Waals surface area contributed by atoms with Gasteiger partial charge in [-0.3, -0.25) is 9.78 Å². The summed E-state index contributed by atoms with van der Waals surface area (Å²) in [7, 11) is 4.06. The average Bonchev–Trinajstić information content (AvgIpc) is 2.39. The first-order valence-electron chi connectivity index (χ1n) is 7.17. The van der Waals surface area contributed by atoms with Crippen LogP contribution in [0.1, 0.15) is 12.0 Å². The highest BCUT2D eigenvalue weighted by Crippen LogP contribution is 2.12. The second kappa shape index (κ2) is 7.36. The molecule has 1 aliphatic rings. The van der Waals surface area contributed by atoms with Crippen molar-refractivity contribution in [2.75, 3.05) is 40.3 Å². The van der Waals surface area contributed by atoms with E-state index in [9.17, 15) is 4.79 Å². The lowest BCUT2D eigenvalue weighted by Crippen LogP contribution is -2.46. The number of pyridine rings is 1. The Morgan fingerprint density at radius 3 is 2.75 bits per heavy atom. The molecule has 0 atom stereocenters. The number of aromatic nitrogens is 1. The molecule has 1 aliphatic heterocycles. The van der Waals surface area contributed by atoms with Gasteiger partial charge in [0, 0.05) is 38.4 Å². The topological polar surface area (TPSA) is 48.5 Å². The number of hydrogen-bond acceptors (Lipinski definition) is 4. The summed E-state index contributed by atoms with van der Waals surface area (Å²) in [4.78, 5) is 20.6. The standard InChI is InChI=1S/C15H24N4O/c1-18(2)6-7-19(12-13-4-3-5-16-9-13)15(20)8-14-10-17-11-14/h3-5,9,14,17H,6-8,10-12H2,1-2H3. The molecule has 1 amide bonds. The zero-order valence-corrected chi connectivity index (χ0v) is 12.4. The zero-order chi connectivity index (χ0) is 14.4. The normalized spacial score (nSPS) is 15.2. The van der Waals surface area contributed by atoms with Crippen LogP contribution in [0, 0.1) is 5.92 Å². The van der Waals surface area contributed by atoms with Crippen LogP contribution in [0.25, 0.3) is 0 Å². The molecule has 0 spiro atoms. The van der Waals surface area contributed by atoms with Crippen LogP contribution in [0.4, 0.5) is 0 Å². The van der Waals surface area contributed by atoms with E-state index >= 15 is 0 Å². The number of rotatable bonds is 7. The van der Waals surface area contributed by atoms with Crippen molar-refractivity contribution < 1.29 is 4.79 Å². The molecule has 0 unspecified atom stereocenters. The van der Waals surface area contributed by atoms with Crippen LogP contribution in [-0.2, 0) is 11.3 Å². The molecule has 0 aromatic carbocycles. The predicted octanol–water partition coefficient (Wildman–Crippen LogP) is 0.581. The minimum Gasteiger partial charge on any atom is -0.337 e. The van der Waals surface area contributed by atoms with Gasteiger partial charge in [0.2, 0.25) is 5.91 Å². The van der Waals surface area contributed by atoms with Crippen molar-refractivity contribution in [1.29, 1.82) is 0 Å². The lowest BCUT2D eigenvalue weighted by Gasteiger charge is -2.30. The Labute approximate surface area is 121 Å². The monoisotopic (exact) mass is 276 g/mol. The molecular weight excluding hydrogens is 252 g/mol. The predicted molar refractivity (Wildman–Crippen MR) is 79.2 cm³/mol. The molecule has 110 valence electrons. The van der Waals surface area contributed by atoms with Crippen LogP contribution in [0.5, 0.6) is 0 Å². The molecule has 1 saturated heterocycles. The molecule has 0 saturated carbocycles. The summed E-state index contributed by atoms with van der Waals surface area (Å²) in [6.07, 6.45) is 4.25. The maximum absolute atomic E-state index is 12.4. The Hall–Kier alpha value is -1.46. The van der Waals surface area contributed by atoms with E-state index in [0.717, 1.165) is 31.7 Å². The Morgan fingerprint density at radius 1 is 1.40 bits per heavy atom. The first-order chi connectivity index (χ1) is 9.65. The summed E-state index contributed by atoms with van der Waals surface area (Å²) in [5.74, 6) is 0.764. The Morgan fingerprint density at radius 2 is 2.20 bits per heavy atom. The highest BCUT2D eigenvalue weighted by atomic mass is 16.2. The van der Waals surface area contributed by atoms with Gasteiger partial charge in [-0.15, -0.1) is 0 Å². The van der Waals surface area contributed by atoms with E-state index in [1.807, 2.05) is 37.3 Å². The SMILES string of the molecule is CN(C)CCN(Cc1cccnc1)C(=O)CC1CNC1. The second-order valence-corrected chi connectivity index (χ2v) is 5.71. The smallest absolute Gasteiger partial charge is 0.223 e. The van der Waals surface area contributed by atoms with E-state index in [1.54, 1.807) is 6.20 Å². The Kier molecular flexibility index (Phi) is 5.49. The molecule has 5 heteroatoms. The van der Waals surface area contributed by atoms with Crippen LogP contribution < -0.4 is 5.32 Å². The first-order valence-corrected chi connectivity index (χ1v) is 7.17. The molecule has 0 radical (unpaired) electrons. The van der Waals surface area contributed by atoms with Crippen LogP contribution in [0.15, 0.2) is 24.5 Å². The third-order valence-corrected chi connectivity index (χ3v) is 3.60. The molecule has 5 nitrogen and oxygen atoms in total. The van der Waals surface area contributed by atoms with E-state index in [-0.39, 0.29) is 5.91 Å². The molecule has 1 aromatic rings. The van der Waals surface area contributed by atoms with Crippen molar-refractivity contribution in [2.24, 2.45) is 5.92 Å². The number of nitrogens with one attached hydrogen (secondary N) is 1. The van der Waals surface area contributed by atoms with Gasteiger partial charge in [-0.1, -0.05) is 6.07 Å². The fraction of sp³-hybridized carbons (Fsp3) is 0.600. The molecule has 2 rings (SSSR count). The molecule has 1 fully saturated rings. The molecule has 1 aromatic heterocycles. The Balaban J connectivity index is 1.93. The van der Waals surface area contributed by atoms with Gasteiger partial charge in [0.05, 0.1) is 0 Å². The summed E-state index contributed by atoms with van der Waals surface area (Å²) < 4.78 is 0. The van der Waals surface area contributed by atoms with Crippen LogP contribution in [0.2, 0.25) is 0 Å².